The van der Waals surface area contributed by atoms with Crippen LogP contribution in [0.4, 0.5) is 0 Å². The topological polar surface area (TPSA) is 90.9 Å². The summed E-state index contributed by atoms with van der Waals surface area (Å²) in [6.07, 6.45) is 1.26. The van der Waals surface area contributed by atoms with Crippen molar-refractivity contribution in [3.63, 3.8) is 0 Å². The fourth-order valence-corrected chi connectivity index (χ4v) is 4.18. The zero-order valence-corrected chi connectivity index (χ0v) is 24.5. The Labute approximate surface area is 233 Å². The molecule has 0 aromatic heterocycles. The molecule has 0 radical (unpaired) electrons. The predicted molar refractivity (Wildman–Crippen MR) is 153 cm³/mol. The fraction of sp³-hybridized carbons (Fsp3) is 0.531. The number of carbonyl (C=O) groups excluding carboxylic acids is 3. The van der Waals surface area contributed by atoms with Crippen LogP contribution in [0.2, 0.25) is 0 Å². The number of methoxy groups -OCH3 is 1. The second-order valence-electron chi connectivity index (χ2n) is 11.8. The van der Waals surface area contributed by atoms with Crippen LogP contribution in [-0.2, 0) is 35.0 Å². The summed E-state index contributed by atoms with van der Waals surface area (Å²) in [6.45, 7) is 11.4. The second-order valence-corrected chi connectivity index (χ2v) is 11.8. The molecule has 0 spiro atoms. The fourth-order valence-electron chi connectivity index (χ4n) is 4.18. The van der Waals surface area contributed by atoms with Gasteiger partial charge in [-0.05, 0) is 77.5 Å². The van der Waals surface area contributed by atoms with Crippen molar-refractivity contribution < 1.29 is 28.6 Å². The van der Waals surface area contributed by atoms with Crippen molar-refractivity contribution in [2.75, 3.05) is 20.3 Å². The van der Waals surface area contributed by atoms with Gasteiger partial charge in [-0.15, -0.1) is 0 Å². The van der Waals surface area contributed by atoms with Gasteiger partial charge in [0.2, 0.25) is 5.91 Å². The van der Waals surface area contributed by atoms with Crippen LogP contribution in [0.3, 0.4) is 0 Å². The Hall–Kier alpha value is -3.19. The van der Waals surface area contributed by atoms with Gasteiger partial charge in [-0.3, -0.25) is 14.4 Å². The van der Waals surface area contributed by atoms with Crippen LogP contribution in [0, 0.1) is 11.8 Å². The third-order valence-corrected chi connectivity index (χ3v) is 5.94. The van der Waals surface area contributed by atoms with Gasteiger partial charge in [0.05, 0.1) is 12.3 Å². The maximum atomic E-state index is 13.4. The number of esters is 2. The number of benzene rings is 2. The molecule has 2 atom stereocenters. The summed E-state index contributed by atoms with van der Waals surface area (Å²) < 4.78 is 16.2. The molecule has 0 fully saturated rings. The number of hydrogen-bond donors (Lipinski definition) is 1. The normalized spacial score (nSPS) is 13.3. The minimum absolute atomic E-state index is 0.0701. The van der Waals surface area contributed by atoms with Gasteiger partial charge in [0, 0.05) is 26.2 Å². The van der Waals surface area contributed by atoms with Crippen LogP contribution in [0.25, 0.3) is 11.1 Å². The van der Waals surface area contributed by atoms with Gasteiger partial charge in [-0.1, -0.05) is 54.6 Å². The first-order chi connectivity index (χ1) is 18.3. The molecule has 0 aliphatic heterocycles. The minimum atomic E-state index is -0.638. The third-order valence-electron chi connectivity index (χ3n) is 5.94. The lowest BCUT2D eigenvalue weighted by molar-refractivity contribution is -0.161. The Bertz CT molecular complexity index is 1050. The van der Waals surface area contributed by atoms with E-state index in [4.69, 9.17) is 14.2 Å². The van der Waals surface area contributed by atoms with E-state index >= 15 is 0 Å². The lowest BCUT2D eigenvalue weighted by Crippen LogP contribution is -2.37. The molecule has 0 unspecified atom stereocenters. The largest absolute Gasteiger partial charge is 0.460 e. The van der Waals surface area contributed by atoms with Gasteiger partial charge < -0.3 is 19.5 Å². The molecule has 7 nitrogen and oxygen atoms in total. The molecule has 0 saturated carbocycles. The van der Waals surface area contributed by atoms with Crippen molar-refractivity contribution in [3.05, 3.63) is 60.2 Å². The van der Waals surface area contributed by atoms with E-state index in [0.29, 0.717) is 25.9 Å². The molecule has 0 aliphatic carbocycles. The highest BCUT2D eigenvalue weighted by Crippen LogP contribution is 2.26. The van der Waals surface area contributed by atoms with Gasteiger partial charge in [0.25, 0.3) is 0 Å². The highest BCUT2D eigenvalue weighted by molar-refractivity contribution is 5.81. The Kier molecular flexibility index (Phi) is 12.2. The summed E-state index contributed by atoms with van der Waals surface area (Å²) in [5, 5.41) is 2.88. The lowest BCUT2D eigenvalue weighted by Gasteiger charge is -2.26. The highest BCUT2D eigenvalue weighted by atomic mass is 16.6. The van der Waals surface area contributed by atoms with Gasteiger partial charge in [-0.2, -0.15) is 0 Å². The Balaban J connectivity index is 2.19. The zero-order valence-electron chi connectivity index (χ0n) is 24.5. The summed E-state index contributed by atoms with van der Waals surface area (Å²) in [4.78, 5) is 38.5. The SMILES string of the molecule is COCC[C@@H](C[C@@H](Cc1ccc(-c2ccccc2)cc1)C(=O)NCCC(=O)OC(C)(C)C)C(=O)OC(C)(C)C. The average Bonchev–Trinajstić information content (AvgIpc) is 2.84. The van der Waals surface area contributed by atoms with Crippen LogP contribution in [0.1, 0.15) is 66.4 Å². The van der Waals surface area contributed by atoms with E-state index in [9.17, 15) is 14.4 Å². The Morgan fingerprint density at radius 1 is 0.795 bits per heavy atom. The third kappa shape index (κ3) is 12.5. The van der Waals surface area contributed by atoms with Crippen LogP contribution >= 0.6 is 0 Å². The van der Waals surface area contributed by atoms with Gasteiger partial charge >= 0.3 is 11.9 Å². The van der Waals surface area contributed by atoms with Crippen molar-refractivity contribution in [1.29, 1.82) is 0 Å². The van der Waals surface area contributed by atoms with E-state index in [0.717, 1.165) is 16.7 Å². The molecular formula is C32H45NO6. The predicted octanol–water partition coefficient (Wildman–Crippen LogP) is 5.74. The summed E-state index contributed by atoms with van der Waals surface area (Å²) in [7, 11) is 1.58. The number of amides is 1. The van der Waals surface area contributed by atoms with Crippen molar-refractivity contribution in [1.82, 2.24) is 5.32 Å². The first-order valence-electron chi connectivity index (χ1n) is 13.6. The number of carbonyl (C=O) groups is 3. The van der Waals surface area contributed by atoms with Crippen LogP contribution in [-0.4, -0.2) is 49.3 Å². The van der Waals surface area contributed by atoms with Gasteiger partial charge in [0.1, 0.15) is 11.2 Å². The smallest absolute Gasteiger partial charge is 0.309 e. The molecule has 2 aromatic rings. The van der Waals surface area contributed by atoms with E-state index in [1.165, 1.54) is 0 Å². The monoisotopic (exact) mass is 539 g/mol. The maximum Gasteiger partial charge on any atom is 0.309 e. The Morgan fingerprint density at radius 2 is 1.38 bits per heavy atom. The van der Waals surface area contributed by atoms with Gasteiger partial charge in [-0.25, -0.2) is 0 Å². The zero-order chi connectivity index (χ0) is 29.1. The standard InChI is InChI=1S/C32H45NO6/c1-31(2,3)38-28(34)17-19-33-29(35)27(22-26(18-20-37-7)30(36)39-32(4,5)6)21-23-13-15-25(16-14-23)24-11-9-8-10-12-24/h8-16,26-27H,17-22H2,1-7H3,(H,33,35)/t26-,27+/m0/s1. The molecule has 2 rings (SSSR count). The summed E-state index contributed by atoms with van der Waals surface area (Å²) >= 11 is 0. The molecule has 2 aromatic carbocycles. The van der Waals surface area contributed by atoms with E-state index in [1.54, 1.807) is 27.9 Å². The van der Waals surface area contributed by atoms with Crippen LogP contribution < -0.4 is 5.32 Å². The van der Waals surface area contributed by atoms with E-state index < -0.39 is 23.0 Å². The molecule has 1 amide bonds. The van der Waals surface area contributed by atoms with Crippen molar-refractivity contribution in [2.45, 2.75) is 78.4 Å². The second kappa shape index (κ2) is 14.8. The summed E-state index contributed by atoms with van der Waals surface area (Å²) in [5.41, 5.74) is 1.96. The first-order valence-corrected chi connectivity index (χ1v) is 13.6. The molecular weight excluding hydrogens is 494 g/mol. The quantitative estimate of drug-likeness (QED) is 0.326. The van der Waals surface area contributed by atoms with Gasteiger partial charge in [0.15, 0.2) is 0 Å². The molecule has 1 N–H and O–H groups in total. The van der Waals surface area contributed by atoms with E-state index in [-0.39, 0.29) is 30.8 Å². The minimum Gasteiger partial charge on any atom is -0.460 e. The summed E-state index contributed by atoms with van der Waals surface area (Å²) in [5.74, 6) is -1.93. The molecule has 39 heavy (non-hydrogen) atoms. The molecule has 0 bridgehead atoms. The van der Waals surface area contributed by atoms with Crippen LogP contribution in [0.15, 0.2) is 54.6 Å². The molecule has 0 aliphatic rings. The van der Waals surface area contributed by atoms with E-state index in [2.05, 4.69) is 17.4 Å². The summed E-state index contributed by atoms with van der Waals surface area (Å²) in [6, 6.07) is 18.2. The molecule has 7 heteroatoms. The number of rotatable bonds is 13. The van der Waals surface area contributed by atoms with Crippen molar-refractivity contribution in [2.24, 2.45) is 11.8 Å². The maximum absolute atomic E-state index is 13.4. The highest BCUT2D eigenvalue weighted by Gasteiger charge is 2.31. The number of nitrogens with one attached hydrogen (secondary N) is 1. The van der Waals surface area contributed by atoms with Crippen molar-refractivity contribution in [3.8, 4) is 11.1 Å². The molecule has 0 saturated heterocycles. The van der Waals surface area contributed by atoms with Crippen LogP contribution in [0.5, 0.6) is 0 Å². The molecule has 214 valence electrons. The number of ether oxygens (including phenoxy) is 3. The Morgan fingerprint density at radius 3 is 1.95 bits per heavy atom. The molecule has 0 heterocycles. The van der Waals surface area contributed by atoms with E-state index in [1.807, 2.05) is 63.2 Å². The first kappa shape index (κ1) is 32.0. The number of hydrogen-bond acceptors (Lipinski definition) is 6. The average molecular weight is 540 g/mol. The lowest BCUT2D eigenvalue weighted by atomic mass is 9.86. The van der Waals surface area contributed by atoms with Crippen molar-refractivity contribution >= 4 is 17.8 Å².